The highest BCUT2D eigenvalue weighted by molar-refractivity contribution is 6.01. The highest BCUT2D eigenvalue weighted by Gasteiger charge is 2.16. The quantitative estimate of drug-likeness (QED) is 0.426. The first-order chi connectivity index (χ1) is 13.8. The summed E-state index contributed by atoms with van der Waals surface area (Å²) in [6.07, 6.45) is 1.52. The molecular weight excluding hydrogens is 372 g/mol. The van der Waals surface area contributed by atoms with Crippen molar-refractivity contribution in [3.63, 3.8) is 0 Å². The van der Waals surface area contributed by atoms with Gasteiger partial charge in [-0.1, -0.05) is 36.4 Å². The molecule has 2 aromatic rings. The largest absolute Gasteiger partial charge is 0.493 e. The summed E-state index contributed by atoms with van der Waals surface area (Å²) in [6, 6.07) is 14.1. The average Bonchev–Trinajstić information content (AvgIpc) is 2.68. The lowest BCUT2D eigenvalue weighted by Gasteiger charge is -2.16. The zero-order valence-corrected chi connectivity index (χ0v) is 16.8. The second-order valence-corrected chi connectivity index (χ2v) is 6.35. The number of hydrogen-bond acceptors (Lipinski definition) is 5. The molecule has 7 nitrogen and oxygen atoms in total. The van der Waals surface area contributed by atoms with E-state index in [0.29, 0.717) is 11.3 Å². The Bertz CT molecular complexity index is 922. The molecule has 0 heterocycles. The van der Waals surface area contributed by atoms with Crippen LogP contribution in [0, 0.1) is 0 Å². The van der Waals surface area contributed by atoms with Gasteiger partial charge >= 0.3 is 5.97 Å². The minimum Gasteiger partial charge on any atom is -0.493 e. The molecule has 2 aromatic carbocycles. The lowest BCUT2D eigenvalue weighted by molar-refractivity contribution is -0.132. The van der Waals surface area contributed by atoms with Crippen LogP contribution < -0.4 is 20.1 Å². The second kappa shape index (κ2) is 10.1. The van der Waals surface area contributed by atoms with E-state index in [-0.39, 0.29) is 23.4 Å². The molecule has 0 saturated heterocycles. The fourth-order valence-corrected chi connectivity index (χ4v) is 2.63. The summed E-state index contributed by atoms with van der Waals surface area (Å²) in [5.41, 5.74) is 1.61. The minimum absolute atomic E-state index is 0.0857. The van der Waals surface area contributed by atoms with Crippen molar-refractivity contribution in [2.75, 3.05) is 7.11 Å². The lowest BCUT2D eigenvalue weighted by Crippen LogP contribution is -2.35. The number of methoxy groups -OCH3 is 1. The highest BCUT2D eigenvalue weighted by Crippen LogP contribution is 2.29. The number of amides is 2. The zero-order valence-electron chi connectivity index (χ0n) is 16.8. The van der Waals surface area contributed by atoms with Crippen LogP contribution in [0.4, 0.5) is 0 Å². The minimum atomic E-state index is -0.472. The van der Waals surface area contributed by atoms with Gasteiger partial charge in [0.25, 0.3) is 5.91 Å². The maximum absolute atomic E-state index is 12.7. The van der Waals surface area contributed by atoms with Crippen LogP contribution in [0.15, 0.2) is 54.2 Å². The van der Waals surface area contributed by atoms with Gasteiger partial charge in [-0.05, 0) is 36.3 Å². The molecule has 0 bridgehead atoms. The van der Waals surface area contributed by atoms with Crippen LogP contribution in [0.25, 0.3) is 6.08 Å². The van der Waals surface area contributed by atoms with Gasteiger partial charge in [-0.25, -0.2) is 0 Å². The number of ether oxygens (including phenoxy) is 2. The Morgan fingerprint density at radius 3 is 2.28 bits per heavy atom. The maximum Gasteiger partial charge on any atom is 0.308 e. The number of carbonyl (C=O) groups excluding carboxylic acids is 3. The van der Waals surface area contributed by atoms with E-state index in [2.05, 4.69) is 10.6 Å². The van der Waals surface area contributed by atoms with E-state index in [1.807, 2.05) is 37.3 Å². The smallest absolute Gasteiger partial charge is 0.308 e. The highest BCUT2D eigenvalue weighted by atomic mass is 16.6. The first kappa shape index (κ1) is 21.7. The van der Waals surface area contributed by atoms with Crippen molar-refractivity contribution in [2.45, 2.75) is 26.8 Å². The summed E-state index contributed by atoms with van der Waals surface area (Å²) in [6.45, 7) is 4.47. The molecule has 0 aliphatic carbocycles. The molecule has 7 heteroatoms. The van der Waals surface area contributed by atoms with E-state index in [1.165, 1.54) is 27.0 Å². The molecule has 0 radical (unpaired) electrons. The van der Waals surface area contributed by atoms with Crippen molar-refractivity contribution in [1.82, 2.24) is 10.6 Å². The molecule has 0 aromatic heterocycles. The molecule has 2 rings (SSSR count). The molecule has 0 unspecified atom stereocenters. The van der Waals surface area contributed by atoms with E-state index < -0.39 is 11.9 Å². The van der Waals surface area contributed by atoms with Crippen molar-refractivity contribution >= 4 is 23.9 Å². The number of esters is 1. The van der Waals surface area contributed by atoms with Gasteiger partial charge in [-0.2, -0.15) is 0 Å². The molecule has 0 aliphatic rings. The van der Waals surface area contributed by atoms with Crippen LogP contribution in [0.3, 0.4) is 0 Å². The third-order valence-electron chi connectivity index (χ3n) is 3.95. The number of hydrogen-bond donors (Lipinski definition) is 2. The predicted molar refractivity (Wildman–Crippen MR) is 109 cm³/mol. The van der Waals surface area contributed by atoms with Gasteiger partial charge in [0.2, 0.25) is 5.91 Å². The van der Waals surface area contributed by atoms with Crippen LogP contribution in [-0.2, 0) is 14.4 Å². The predicted octanol–water partition coefficient (Wildman–Crippen LogP) is 2.97. The third-order valence-corrected chi connectivity index (χ3v) is 3.95. The number of nitrogens with one attached hydrogen (secondary N) is 2. The SMILES string of the molecule is COc1cc(/C=C(\NC(C)=O)C(=O)N[C@H](C)c2ccccc2)ccc1OC(C)=O. The first-order valence-electron chi connectivity index (χ1n) is 9.01. The molecule has 2 amide bonds. The standard InChI is InChI=1S/C22H24N2O5/c1-14(18-8-6-5-7-9-18)23-22(27)19(24-15(2)25)12-17-10-11-20(29-16(3)26)21(13-17)28-4/h5-14H,1-4H3,(H,23,27)(H,24,25)/b19-12-/t14-/m1/s1. The fraction of sp³-hybridized carbons (Fsp3) is 0.227. The van der Waals surface area contributed by atoms with Gasteiger partial charge in [-0.3, -0.25) is 14.4 Å². The Labute approximate surface area is 169 Å². The van der Waals surface area contributed by atoms with E-state index in [4.69, 9.17) is 9.47 Å². The molecular formula is C22H24N2O5. The Morgan fingerprint density at radius 2 is 1.69 bits per heavy atom. The van der Waals surface area contributed by atoms with Crippen LogP contribution >= 0.6 is 0 Å². The summed E-state index contributed by atoms with van der Waals surface area (Å²) in [4.78, 5) is 35.5. The summed E-state index contributed by atoms with van der Waals surface area (Å²) in [7, 11) is 1.44. The van der Waals surface area contributed by atoms with Crippen LogP contribution in [0.1, 0.15) is 37.9 Å². The monoisotopic (exact) mass is 396 g/mol. The van der Waals surface area contributed by atoms with Crippen molar-refractivity contribution in [1.29, 1.82) is 0 Å². The second-order valence-electron chi connectivity index (χ2n) is 6.35. The van der Waals surface area contributed by atoms with Crippen molar-refractivity contribution in [3.05, 3.63) is 65.4 Å². The zero-order chi connectivity index (χ0) is 21.4. The van der Waals surface area contributed by atoms with E-state index in [9.17, 15) is 14.4 Å². The summed E-state index contributed by atoms with van der Waals surface area (Å²) >= 11 is 0. The van der Waals surface area contributed by atoms with E-state index >= 15 is 0 Å². The van der Waals surface area contributed by atoms with Crippen LogP contribution in [0.5, 0.6) is 11.5 Å². The fourth-order valence-electron chi connectivity index (χ4n) is 2.63. The van der Waals surface area contributed by atoms with Gasteiger partial charge in [0.15, 0.2) is 11.5 Å². The molecule has 1 atom stereocenters. The van der Waals surface area contributed by atoms with Crippen molar-refractivity contribution in [2.24, 2.45) is 0 Å². The van der Waals surface area contributed by atoms with Crippen LogP contribution in [-0.4, -0.2) is 24.9 Å². The Balaban J connectivity index is 2.28. The third kappa shape index (κ3) is 6.49. The van der Waals surface area contributed by atoms with Crippen molar-refractivity contribution in [3.8, 4) is 11.5 Å². The number of benzene rings is 2. The van der Waals surface area contributed by atoms with Gasteiger partial charge in [0.05, 0.1) is 13.2 Å². The van der Waals surface area contributed by atoms with Gasteiger partial charge < -0.3 is 20.1 Å². The van der Waals surface area contributed by atoms with E-state index in [0.717, 1.165) is 5.56 Å². The summed E-state index contributed by atoms with van der Waals surface area (Å²) in [5, 5.41) is 5.42. The Kier molecular flexibility index (Phi) is 7.54. The van der Waals surface area contributed by atoms with Crippen molar-refractivity contribution < 1.29 is 23.9 Å². The molecule has 0 saturated carbocycles. The molecule has 29 heavy (non-hydrogen) atoms. The van der Waals surface area contributed by atoms with Gasteiger partial charge in [-0.15, -0.1) is 0 Å². The Hall–Kier alpha value is -3.61. The average molecular weight is 396 g/mol. The molecule has 152 valence electrons. The Morgan fingerprint density at radius 1 is 1.00 bits per heavy atom. The molecule has 0 aliphatic heterocycles. The number of rotatable bonds is 7. The van der Waals surface area contributed by atoms with Crippen LogP contribution in [0.2, 0.25) is 0 Å². The normalized spacial score (nSPS) is 11.9. The summed E-state index contributed by atoms with van der Waals surface area (Å²) < 4.78 is 10.3. The van der Waals surface area contributed by atoms with E-state index in [1.54, 1.807) is 18.2 Å². The maximum atomic E-state index is 12.7. The number of carbonyl (C=O) groups is 3. The van der Waals surface area contributed by atoms with Gasteiger partial charge in [0.1, 0.15) is 5.70 Å². The topological polar surface area (TPSA) is 93.7 Å². The lowest BCUT2D eigenvalue weighted by atomic mass is 10.1. The molecule has 0 fully saturated rings. The first-order valence-corrected chi connectivity index (χ1v) is 9.01. The molecule has 2 N–H and O–H groups in total. The summed E-state index contributed by atoms with van der Waals surface area (Å²) in [5.74, 6) is -0.684. The molecule has 0 spiro atoms. The van der Waals surface area contributed by atoms with Gasteiger partial charge in [0, 0.05) is 13.8 Å².